The van der Waals surface area contributed by atoms with Crippen molar-refractivity contribution in [3.8, 4) is 0 Å². The molecule has 0 aliphatic carbocycles. The first-order valence-electron chi connectivity index (χ1n) is 3.83. The van der Waals surface area contributed by atoms with E-state index in [0.29, 0.717) is 0 Å². The quantitative estimate of drug-likeness (QED) is 0.829. The lowest BCUT2D eigenvalue weighted by molar-refractivity contribution is 0.943. The molecular weight excluding hydrogens is 254 g/mol. The van der Waals surface area contributed by atoms with Crippen molar-refractivity contribution in [3.05, 3.63) is 20.8 Å². The minimum Gasteiger partial charge on any atom is -0.330 e. The number of thiophene rings is 1. The van der Waals surface area contributed by atoms with Gasteiger partial charge in [-0.05, 0) is 51.7 Å². The Hall–Kier alpha value is 0.490. The molecule has 4 heteroatoms. The maximum atomic E-state index is 5.39. The van der Waals surface area contributed by atoms with Crippen LogP contribution in [0.15, 0.2) is 15.2 Å². The molecule has 68 valence electrons. The van der Waals surface area contributed by atoms with Crippen LogP contribution in [0.1, 0.15) is 12.0 Å². The maximum Gasteiger partial charge on any atom is 0.0701 e. The van der Waals surface area contributed by atoms with Crippen LogP contribution < -0.4 is 5.73 Å². The standard InChI is InChI=1S/C8H12BrNS2/c9-8-4-7(6-12-8)5-11-3-1-2-10/h4,6H,1-3,5,10H2. The van der Waals surface area contributed by atoms with E-state index in [4.69, 9.17) is 5.73 Å². The molecule has 0 saturated carbocycles. The van der Waals surface area contributed by atoms with E-state index in [1.807, 2.05) is 11.8 Å². The van der Waals surface area contributed by atoms with Crippen molar-refractivity contribution in [2.75, 3.05) is 12.3 Å². The lowest BCUT2D eigenvalue weighted by Gasteiger charge is -1.96. The Bertz CT molecular complexity index is 225. The third kappa shape index (κ3) is 3.94. The van der Waals surface area contributed by atoms with E-state index >= 15 is 0 Å². The van der Waals surface area contributed by atoms with Gasteiger partial charge in [0.25, 0.3) is 0 Å². The second-order valence-corrected chi connectivity index (χ2v) is 5.85. The van der Waals surface area contributed by atoms with E-state index in [9.17, 15) is 0 Å². The van der Waals surface area contributed by atoms with Crippen LogP contribution in [0.3, 0.4) is 0 Å². The molecule has 1 aromatic heterocycles. The van der Waals surface area contributed by atoms with E-state index < -0.39 is 0 Å². The Morgan fingerprint density at radius 1 is 1.58 bits per heavy atom. The maximum absolute atomic E-state index is 5.39. The number of rotatable bonds is 5. The first kappa shape index (κ1) is 10.6. The Balaban J connectivity index is 2.15. The van der Waals surface area contributed by atoms with Crippen molar-refractivity contribution < 1.29 is 0 Å². The normalized spacial score (nSPS) is 10.5. The van der Waals surface area contributed by atoms with Crippen LogP contribution >= 0.6 is 39.0 Å². The summed E-state index contributed by atoms with van der Waals surface area (Å²) in [4.78, 5) is 0. The van der Waals surface area contributed by atoms with Crippen molar-refractivity contribution in [2.45, 2.75) is 12.2 Å². The average molecular weight is 266 g/mol. The van der Waals surface area contributed by atoms with Crippen LogP contribution in [0, 0.1) is 0 Å². The van der Waals surface area contributed by atoms with Crippen LogP contribution in [-0.4, -0.2) is 12.3 Å². The summed E-state index contributed by atoms with van der Waals surface area (Å²) in [5.74, 6) is 2.28. The van der Waals surface area contributed by atoms with Gasteiger partial charge in [0.15, 0.2) is 0 Å². The van der Waals surface area contributed by atoms with Gasteiger partial charge in [0, 0.05) is 5.75 Å². The predicted octanol–water partition coefficient (Wildman–Crippen LogP) is 3.09. The molecule has 1 nitrogen and oxygen atoms in total. The van der Waals surface area contributed by atoms with Gasteiger partial charge in [-0.25, -0.2) is 0 Å². The van der Waals surface area contributed by atoms with E-state index in [1.165, 1.54) is 15.1 Å². The third-order valence-corrected chi connectivity index (χ3v) is 4.05. The first-order valence-corrected chi connectivity index (χ1v) is 6.66. The molecule has 0 aliphatic heterocycles. The molecule has 1 aromatic rings. The highest BCUT2D eigenvalue weighted by atomic mass is 79.9. The Kier molecular flexibility index (Phi) is 5.30. The molecule has 0 unspecified atom stereocenters. The van der Waals surface area contributed by atoms with Gasteiger partial charge in [-0.15, -0.1) is 11.3 Å². The largest absolute Gasteiger partial charge is 0.330 e. The lowest BCUT2D eigenvalue weighted by atomic mass is 10.4. The van der Waals surface area contributed by atoms with E-state index in [1.54, 1.807) is 11.3 Å². The Morgan fingerprint density at radius 2 is 2.42 bits per heavy atom. The molecule has 0 bridgehead atoms. The van der Waals surface area contributed by atoms with Crippen LogP contribution in [0.4, 0.5) is 0 Å². The van der Waals surface area contributed by atoms with Crippen LogP contribution in [0.2, 0.25) is 0 Å². The monoisotopic (exact) mass is 265 g/mol. The fourth-order valence-corrected chi connectivity index (χ4v) is 3.03. The van der Waals surface area contributed by atoms with Crippen molar-refractivity contribution in [2.24, 2.45) is 5.73 Å². The van der Waals surface area contributed by atoms with E-state index in [-0.39, 0.29) is 0 Å². The number of nitrogens with two attached hydrogens (primary N) is 1. The zero-order chi connectivity index (χ0) is 8.81. The molecular formula is C8H12BrNS2. The minimum atomic E-state index is 0.806. The molecule has 0 aromatic carbocycles. The van der Waals surface area contributed by atoms with Gasteiger partial charge in [0.1, 0.15) is 0 Å². The fourth-order valence-electron chi connectivity index (χ4n) is 0.797. The highest BCUT2D eigenvalue weighted by Crippen LogP contribution is 2.23. The van der Waals surface area contributed by atoms with Crippen LogP contribution in [0.5, 0.6) is 0 Å². The summed E-state index contributed by atoms with van der Waals surface area (Å²) in [5, 5.41) is 2.19. The van der Waals surface area contributed by atoms with Gasteiger partial charge in [-0.3, -0.25) is 0 Å². The molecule has 0 radical (unpaired) electrons. The van der Waals surface area contributed by atoms with Gasteiger partial charge in [0.05, 0.1) is 3.79 Å². The zero-order valence-corrected chi connectivity index (χ0v) is 9.97. The summed E-state index contributed by atoms with van der Waals surface area (Å²) >= 11 is 7.14. The highest BCUT2D eigenvalue weighted by molar-refractivity contribution is 9.11. The number of hydrogen-bond donors (Lipinski definition) is 1. The van der Waals surface area contributed by atoms with Crippen molar-refractivity contribution in [1.82, 2.24) is 0 Å². The Morgan fingerprint density at radius 3 is 3.00 bits per heavy atom. The summed E-state index contributed by atoms with van der Waals surface area (Å²) in [6, 6.07) is 2.18. The van der Waals surface area contributed by atoms with E-state index in [0.717, 1.165) is 18.7 Å². The Labute approximate surface area is 89.9 Å². The van der Waals surface area contributed by atoms with Gasteiger partial charge < -0.3 is 5.73 Å². The summed E-state index contributed by atoms with van der Waals surface area (Å²) in [7, 11) is 0. The van der Waals surface area contributed by atoms with Crippen LogP contribution in [-0.2, 0) is 5.75 Å². The molecule has 1 heterocycles. The highest BCUT2D eigenvalue weighted by Gasteiger charge is 1.96. The minimum absolute atomic E-state index is 0.806. The van der Waals surface area contributed by atoms with Gasteiger partial charge >= 0.3 is 0 Å². The average Bonchev–Trinajstić information content (AvgIpc) is 2.45. The molecule has 0 aliphatic rings. The number of halogens is 1. The molecule has 0 spiro atoms. The first-order chi connectivity index (χ1) is 5.83. The molecule has 2 N–H and O–H groups in total. The van der Waals surface area contributed by atoms with Crippen molar-refractivity contribution in [1.29, 1.82) is 0 Å². The van der Waals surface area contributed by atoms with Crippen molar-refractivity contribution in [3.63, 3.8) is 0 Å². The molecule has 12 heavy (non-hydrogen) atoms. The SMILES string of the molecule is NCCCSCc1csc(Br)c1. The zero-order valence-electron chi connectivity index (χ0n) is 6.75. The number of hydrogen-bond acceptors (Lipinski definition) is 3. The molecule has 0 amide bonds. The predicted molar refractivity (Wildman–Crippen MR) is 61.9 cm³/mol. The topological polar surface area (TPSA) is 26.0 Å². The molecule has 0 atom stereocenters. The summed E-state index contributed by atoms with van der Waals surface area (Å²) < 4.78 is 1.22. The second kappa shape index (κ2) is 6.02. The number of thioether (sulfide) groups is 1. The van der Waals surface area contributed by atoms with Gasteiger partial charge in [-0.1, -0.05) is 0 Å². The van der Waals surface area contributed by atoms with Crippen molar-refractivity contribution >= 4 is 39.0 Å². The van der Waals surface area contributed by atoms with Crippen LogP contribution in [0.25, 0.3) is 0 Å². The smallest absolute Gasteiger partial charge is 0.0701 e. The summed E-state index contributed by atoms with van der Waals surface area (Å²) in [6.45, 7) is 0.806. The third-order valence-electron chi connectivity index (χ3n) is 1.38. The van der Waals surface area contributed by atoms with E-state index in [2.05, 4.69) is 27.4 Å². The lowest BCUT2D eigenvalue weighted by Crippen LogP contribution is -1.99. The molecule has 1 rings (SSSR count). The van der Waals surface area contributed by atoms with Gasteiger partial charge in [0.2, 0.25) is 0 Å². The molecule has 0 fully saturated rings. The second-order valence-electron chi connectivity index (χ2n) is 2.45. The fraction of sp³-hybridized carbons (Fsp3) is 0.500. The summed E-state index contributed by atoms with van der Waals surface area (Å²) in [6.07, 6.45) is 1.12. The summed E-state index contributed by atoms with van der Waals surface area (Å²) in [5.41, 5.74) is 6.80. The molecule has 0 saturated heterocycles. The van der Waals surface area contributed by atoms with Gasteiger partial charge in [-0.2, -0.15) is 11.8 Å².